The summed E-state index contributed by atoms with van der Waals surface area (Å²) in [5, 5.41) is 2.24. The summed E-state index contributed by atoms with van der Waals surface area (Å²) in [5.41, 5.74) is 5.69. The van der Waals surface area contributed by atoms with E-state index in [0.29, 0.717) is 23.2 Å². The molecule has 1 fully saturated rings. The standard InChI is InChI=1S/C24H27FN/c1-15-13-22(16(2)17(3)23(15)25)24-21-10-9-19(18-7-5-6-8-18)14-20(21)11-12-26(24)4/h9-14,18H,5-8H2,1-4H3/q+1/i12D. The number of halogens is 1. The van der Waals surface area contributed by atoms with E-state index >= 15 is 0 Å². The summed E-state index contributed by atoms with van der Waals surface area (Å²) in [5.74, 6) is 0.520. The molecule has 4 rings (SSSR count). The van der Waals surface area contributed by atoms with E-state index in [2.05, 4.69) is 18.2 Å². The van der Waals surface area contributed by atoms with E-state index in [0.717, 1.165) is 27.6 Å². The first-order valence-corrected chi connectivity index (χ1v) is 9.58. The van der Waals surface area contributed by atoms with Crippen molar-refractivity contribution in [3.05, 3.63) is 64.6 Å². The molecule has 3 aromatic rings. The summed E-state index contributed by atoms with van der Waals surface area (Å²) in [7, 11) is 1.93. The van der Waals surface area contributed by atoms with E-state index in [1.54, 1.807) is 0 Å². The number of rotatable bonds is 2. The highest BCUT2D eigenvalue weighted by molar-refractivity contribution is 5.94. The van der Waals surface area contributed by atoms with E-state index < -0.39 is 0 Å². The highest BCUT2D eigenvalue weighted by atomic mass is 19.1. The Balaban J connectivity index is 1.99. The van der Waals surface area contributed by atoms with Crippen LogP contribution in [-0.2, 0) is 7.05 Å². The SMILES string of the molecule is [2H]c1cc2cc(C3CCCC3)ccc2c(-c2cc(C)c(F)c(C)c2C)[n+]1C. The van der Waals surface area contributed by atoms with Gasteiger partial charge in [0.25, 0.3) is 0 Å². The fourth-order valence-corrected chi connectivity index (χ4v) is 4.46. The molecule has 1 aliphatic rings. The Labute approximate surface area is 156 Å². The molecule has 0 bridgehead atoms. The molecular weight excluding hydrogens is 321 g/mol. The number of nitrogens with zero attached hydrogens (tertiary/aromatic N) is 1. The molecule has 1 aromatic heterocycles. The lowest BCUT2D eigenvalue weighted by atomic mass is 9.91. The minimum Gasteiger partial charge on any atom is -0.206 e. The van der Waals surface area contributed by atoms with Gasteiger partial charge in [-0.25, -0.2) is 8.96 Å². The second kappa shape index (κ2) is 6.50. The van der Waals surface area contributed by atoms with Crippen LogP contribution in [0.25, 0.3) is 22.0 Å². The number of benzene rings is 2. The van der Waals surface area contributed by atoms with Crippen molar-refractivity contribution < 1.29 is 10.3 Å². The van der Waals surface area contributed by atoms with Gasteiger partial charge in [0, 0.05) is 6.07 Å². The molecule has 1 nitrogen and oxygen atoms in total. The number of hydrogen-bond donors (Lipinski definition) is 0. The first-order chi connectivity index (χ1) is 12.9. The molecule has 1 heterocycles. The minimum atomic E-state index is -0.131. The molecule has 1 aliphatic carbocycles. The van der Waals surface area contributed by atoms with Crippen LogP contribution in [0.5, 0.6) is 0 Å². The molecule has 0 unspecified atom stereocenters. The molecule has 26 heavy (non-hydrogen) atoms. The number of aryl methyl sites for hydroxylation is 1. The van der Waals surface area contributed by atoms with Crippen LogP contribution in [0.3, 0.4) is 0 Å². The number of hydrogen-bond acceptors (Lipinski definition) is 0. The molecule has 2 heteroatoms. The Morgan fingerprint density at radius 3 is 2.50 bits per heavy atom. The zero-order chi connectivity index (χ0) is 19.3. The van der Waals surface area contributed by atoms with Gasteiger partial charge in [0.15, 0.2) is 6.17 Å². The number of aromatic nitrogens is 1. The topological polar surface area (TPSA) is 3.88 Å². The predicted octanol–water partition coefficient (Wildman–Crippen LogP) is 6.05. The molecular formula is C24H27FN+. The van der Waals surface area contributed by atoms with Crippen LogP contribution in [0.2, 0.25) is 0 Å². The summed E-state index contributed by atoms with van der Waals surface area (Å²) in [6, 6.07) is 10.6. The van der Waals surface area contributed by atoms with Crippen LogP contribution in [-0.4, -0.2) is 0 Å². The second-order valence-electron chi connectivity index (χ2n) is 7.81. The highest BCUT2D eigenvalue weighted by Gasteiger charge is 2.22. The molecule has 0 spiro atoms. The maximum atomic E-state index is 14.4. The van der Waals surface area contributed by atoms with Crippen LogP contribution in [0, 0.1) is 26.6 Å². The normalized spacial score (nSPS) is 15.7. The van der Waals surface area contributed by atoms with E-state index in [9.17, 15) is 4.39 Å². The van der Waals surface area contributed by atoms with Crippen molar-refractivity contribution in [3.8, 4) is 11.3 Å². The highest BCUT2D eigenvalue weighted by Crippen LogP contribution is 2.37. The monoisotopic (exact) mass is 349 g/mol. The van der Waals surface area contributed by atoms with Gasteiger partial charge >= 0.3 is 0 Å². The summed E-state index contributed by atoms with van der Waals surface area (Å²) in [6.07, 6.45) is 5.63. The quantitative estimate of drug-likeness (QED) is 0.496. The van der Waals surface area contributed by atoms with Crippen LogP contribution < -0.4 is 4.57 Å². The summed E-state index contributed by atoms with van der Waals surface area (Å²) >= 11 is 0. The molecule has 1 saturated carbocycles. The van der Waals surface area contributed by atoms with Crippen molar-refractivity contribution in [2.75, 3.05) is 0 Å². The van der Waals surface area contributed by atoms with Gasteiger partial charge in [0.2, 0.25) is 5.69 Å². The molecule has 0 amide bonds. The molecule has 0 N–H and O–H groups in total. The largest absolute Gasteiger partial charge is 0.220 e. The Hall–Kier alpha value is -2.22. The minimum absolute atomic E-state index is 0.131. The first kappa shape index (κ1) is 16.0. The van der Waals surface area contributed by atoms with Gasteiger partial charge in [-0.2, -0.15) is 0 Å². The average molecular weight is 349 g/mol. The maximum absolute atomic E-state index is 14.4. The van der Waals surface area contributed by atoms with Crippen molar-refractivity contribution in [1.82, 2.24) is 0 Å². The smallest absolute Gasteiger partial charge is 0.206 e. The number of pyridine rings is 1. The summed E-state index contributed by atoms with van der Waals surface area (Å²) in [6.45, 7) is 5.63. The van der Waals surface area contributed by atoms with Crippen molar-refractivity contribution in [2.24, 2.45) is 7.05 Å². The van der Waals surface area contributed by atoms with Crippen LogP contribution in [0.4, 0.5) is 4.39 Å². The Kier molecular flexibility index (Phi) is 4.00. The van der Waals surface area contributed by atoms with Crippen molar-refractivity contribution in [1.29, 1.82) is 0 Å². The van der Waals surface area contributed by atoms with Gasteiger partial charge < -0.3 is 0 Å². The lowest BCUT2D eigenvalue weighted by Crippen LogP contribution is -2.31. The number of fused-ring (bicyclic) bond motifs is 1. The zero-order valence-electron chi connectivity index (χ0n) is 17.1. The van der Waals surface area contributed by atoms with E-state index in [1.807, 2.05) is 44.5 Å². The molecule has 0 atom stereocenters. The van der Waals surface area contributed by atoms with Gasteiger partial charge in [-0.3, -0.25) is 0 Å². The van der Waals surface area contributed by atoms with Crippen LogP contribution >= 0.6 is 0 Å². The van der Waals surface area contributed by atoms with Gasteiger partial charge in [-0.1, -0.05) is 25.0 Å². The van der Waals surface area contributed by atoms with E-state index in [-0.39, 0.29) is 5.82 Å². The van der Waals surface area contributed by atoms with Gasteiger partial charge in [0.05, 0.1) is 10.9 Å². The van der Waals surface area contributed by atoms with Crippen molar-refractivity contribution in [3.63, 3.8) is 0 Å². The van der Waals surface area contributed by atoms with Gasteiger partial charge in [-0.15, -0.1) is 0 Å². The fraction of sp³-hybridized carbons (Fsp3) is 0.375. The third-order valence-corrected chi connectivity index (χ3v) is 6.16. The first-order valence-electron chi connectivity index (χ1n) is 10.1. The van der Waals surface area contributed by atoms with E-state index in [4.69, 9.17) is 1.37 Å². The third kappa shape index (κ3) is 2.72. The lowest BCUT2D eigenvalue weighted by molar-refractivity contribution is -0.659. The van der Waals surface area contributed by atoms with Crippen LogP contribution in [0.15, 0.2) is 36.5 Å². The van der Waals surface area contributed by atoms with E-state index in [1.165, 1.54) is 31.2 Å². The molecule has 134 valence electrons. The molecule has 0 radical (unpaired) electrons. The molecule has 0 saturated heterocycles. The predicted molar refractivity (Wildman–Crippen MR) is 106 cm³/mol. The Bertz CT molecular complexity index is 1050. The van der Waals surface area contributed by atoms with Crippen LogP contribution in [0.1, 0.15) is 55.2 Å². The molecule has 0 aliphatic heterocycles. The Morgan fingerprint density at radius 1 is 1.04 bits per heavy atom. The second-order valence-corrected chi connectivity index (χ2v) is 7.81. The average Bonchev–Trinajstić information content (AvgIpc) is 3.19. The van der Waals surface area contributed by atoms with Crippen molar-refractivity contribution >= 4 is 10.8 Å². The summed E-state index contributed by atoms with van der Waals surface area (Å²) in [4.78, 5) is 0. The fourth-order valence-electron chi connectivity index (χ4n) is 4.46. The van der Waals surface area contributed by atoms with Gasteiger partial charge in [0.1, 0.15) is 14.2 Å². The zero-order valence-corrected chi connectivity index (χ0v) is 16.1. The Morgan fingerprint density at radius 2 is 1.77 bits per heavy atom. The van der Waals surface area contributed by atoms with Gasteiger partial charge in [-0.05, 0) is 79.3 Å². The maximum Gasteiger partial charge on any atom is 0.220 e. The summed E-state index contributed by atoms with van der Waals surface area (Å²) < 4.78 is 24.8. The molecule has 2 aromatic carbocycles. The van der Waals surface area contributed by atoms with Crippen molar-refractivity contribution in [2.45, 2.75) is 52.4 Å². The lowest BCUT2D eigenvalue weighted by Gasteiger charge is -2.14. The third-order valence-electron chi connectivity index (χ3n) is 6.16.